The van der Waals surface area contributed by atoms with Gasteiger partial charge < -0.3 is 10.6 Å². The van der Waals surface area contributed by atoms with Crippen molar-refractivity contribution in [2.24, 2.45) is 5.92 Å². The highest BCUT2D eigenvalue weighted by atomic mass is 16.2. The van der Waals surface area contributed by atoms with E-state index in [1.165, 1.54) is 11.6 Å². The summed E-state index contributed by atoms with van der Waals surface area (Å²) in [6.07, 6.45) is 3.13. The molecule has 7 heteroatoms. The quantitative estimate of drug-likeness (QED) is 0.664. The Morgan fingerprint density at radius 2 is 2.11 bits per heavy atom. The number of hydrogen-bond donors (Lipinski definition) is 3. The van der Waals surface area contributed by atoms with Gasteiger partial charge in [0.25, 0.3) is 5.56 Å². The van der Waals surface area contributed by atoms with Gasteiger partial charge in [-0.15, -0.1) is 0 Å². The van der Waals surface area contributed by atoms with Crippen molar-refractivity contribution >= 4 is 11.9 Å². The lowest BCUT2D eigenvalue weighted by Crippen LogP contribution is -2.39. The number of amides is 1. The molecule has 28 heavy (non-hydrogen) atoms. The first-order valence-corrected chi connectivity index (χ1v) is 10.0. The molecule has 2 aliphatic rings. The van der Waals surface area contributed by atoms with Gasteiger partial charge in [-0.1, -0.05) is 30.3 Å². The Hall–Kier alpha value is -2.67. The molecule has 0 bridgehead atoms. The van der Waals surface area contributed by atoms with E-state index in [2.05, 4.69) is 49.8 Å². The van der Waals surface area contributed by atoms with Crippen molar-refractivity contribution in [3.63, 3.8) is 0 Å². The molecule has 1 aromatic heterocycles. The predicted molar refractivity (Wildman–Crippen MR) is 108 cm³/mol. The average molecular weight is 381 g/mol. The van der Waals surface area contributed by atoms with Crippen molar-refractivity contribution in [3.8, 4) is 0 Å². The zero-order valence-electron chi connectivity index (χ0n) is 16.1. The fraction of sp³-hybridized carbons (Fsp3) is 0.476. The van der Waals surface area contributed by atoms with Crippen LogP contribution in [-0.4, -0.2) is 46.5 Å². The molecule has 0 radical (unpaired) electrons. The molecule has 2 saturated heterocycles. The van der Waals surface area contributed by atoms with Crippen LogP contribution in [0.15, 0.2) is 41.2 Å². The Balaban J connectivity index is 1.32. The molecule has 7 nitrogen and oxygen atoms in total. The molecule has 2 aromatic rings. The lowest BCUT2D eigenvalue weighted by molar-refractivity contribution is -0.125. The maximum Gasteiger partial charge on any atom is 0.252 e. The maximum atomic E-state index is 12.8. The van der Waals surface area contributed by atoms with E-state index in [0.717, 1.165) is 25.8 Å². The number of fused-ring (bicyclic) bond motifs is 1. The number of aromatic amines is 1. The third kappa shape index (κ3) is 3.94. The van der Waals surface area contributed by atoms with Crippen molar-refractivity contribution < 1.29 is 4.79 Å². The van der Waals surface area contributed by atoms with E-state index in [0.29, 0.717) is 36.8 Å². The molecule has 0 aliphatic carbocycles. The number of aromatic nitrogens is 2. The topological polar surface area (TPSA) is 90.1 Å². The Kier molecular flexibility index (Phi) is 5.43. The number of hydrogen-bond acceptors (Lipinski definition) is 5. The summed E-state index contributed by atoms with van der Waals surface area (Å²) in [5, 5.41) is 6.12. The van der Waals surface area contributed by atoms with Gasteiger partial charge in [0.15, 0.2) is 0 Å². The monoisotopic (exact) mass is 381 g/mol. The van der Waals surface area contributed by atoms with Gasteiger partial charge >= 0.3 is 0 Å². The summed E-state index contributed by atoms with van der Waals surface area (Å²) < 4.78 is 0. The first kappa shape index (κ1) is 18.7. The smallest absolute Gasteiger partial charge is 0.252 e. The van der Waals surface area contributed by atoms with E-state index >= 15 is 0 Å². The molecule has 0 unspecified atom stereocenters. The van der Waals surface area contributed by atoms with Gasteiger partial charge in [-0.05, 0) is 38.3 Å². The zero-order valence-corrected chi connectivity index (χ0v) is 16.1. The Morgan fingerprint density at radius 1 is 1.29 bits per heavy atom. The van der Waals surface area contributed by atoms with Crippen molar-refractivity contribution in [2.45, 2.75) is 38.3 Å². The molecule has 0 spiro atoms. The van der Waals surface area contributed by atoms with Crippen LogP contribution in [0.25, 0.3) is 0 Å². The molecule has 0 saturated carbocycles. The maximum absolute atomic E-state index is 12.8. The number of anilines is 1. The van der Waals surface area contributed by atoms with E-state index in [4.69, 9.17) is 0 Å². The Labute approximate surface area is 164 Å². The molecule has 1 aromatic carbocycles. The van der Waals surface area contributed by atoms with Crippen LogP contribution in [0.1, 0.15) is 36.6 Å². The number of carbonyl (C=O) groups is 1. The number of nitrogens with one attached hydrogen (secondary N) is 3. The SMILES string of the molecule is Cc1cc(=O)[nH]c(NCCNC(=O)[C@@H]2C[C@H](c3ccccc3)N3CCC[C@@H]23)n1. The second kappa shape index (κ2) is 8.14. The van der Waals surface area contributed by atoms with Crippen molar-refractivity contribution in [2.75, 3.05) is 25.0 Å². The standard InChI is InChI=1S/C21H27N5O2/c1-14-12-19(27)25-21(24-14)23-10-9-22-20(28)16-13-18(15-6-3-2-4-7-15)26-11-5-8-17(16)26/h2-4,6-7,12,16-18H,5,8-11,13H2,1H3,(H,22,28)(H2,23,24,25,27)/t16-,17+,18-/m1/s1. The summed E-state index contributed by atoms with van der Waals surface area (Å²) in [5.41, 5.74) is 1.79. The fourth-order valence-corrected chi connectivity index (χ4v) is 4.61. The van der Waals surface area contributed by atoms with Crippen LogP contribution >= 0.6 is 0 Å². The zero-order chi connectivity index (χ0) is 19.5. The largest absolute Gasteiger partial charge is 0.354 e. The van der Waals surface area contributed by atoms with Gasteiger partial charge in [-0.3, -0.25) is 19.5 Å². The summed E-state index contributed by atoms with van der Waals surface area (Å²) in [4.78, 5) is 33.7. The van der Waals surface area contributed by atoms with Gasteiger partial charge in [0.2, 0.25) is 11.9 Å². The van der Waals surface area contributed by atoms with Crippen LogP contribution in [0, 0.1) is 12.8 Å². The van der Waals surface area contributed by atoms with Crippen molar-refractivity contribution in [1.82, 2.24) is 20.2 Å². The second-order valence-electron chi connectivity index (χ2n) is 7.67. The van der Waals surface area contributed by atoms with Crippen LogP contribution in [0.4, 0.5) is 5.95 Å². The fourth-order valence-electron chi connectivity index (χ4n) is 4.61. The number of rotatable bonds is 6. The van der Waals surface area contributed by atoms with Gasteiger partial charge in [-0.2, -0.15) is 0 Å². The Morgan fingerprint density at radius 3 is 2.89 bits per heavy atom. The molecule has 3 atom stereocenters. The van der Waals surface area contributed by atoms with Gasteiger partial charge in [0.1, 0.15) is 0 Å². The summed E-state index contributed by atoms with van der Waals surface area (Å²) in [7, 11) is 0. The molecule has 2 aliphatic heterocycles. The summed E-state index contributed by atoms with van der Waals surface area (Å²) in [6.45, 7) is 3.86. The van der Waals surface area contributed by atoms with Crippen LogP contribution in [-0.2, 0) is 4.79 Å². The molecule has 2 fully saturated rings. The lowest BCUT2D eigenvalue weighted by Gasteiger charge is -2.24. The van der Waals surface area contributed by atoms with E-state index in [9.17, 15) is 9.59 Å². The first-order chi connectivity index (χ1) is 13.6. The minimum Gasteiger partial charge on any atom is -0.354 e. The molecule has 3 N–H and O–H groups in total. The minimum atomic E-state index is -0.182. The van der Waals surface area contributed by atoms with Crippen molar-refractivity contribution in [1.29, 1.82) is 0 Å². The van der Waals surface area contributed by atoms with Crippen LogP contribution in [0.3, 0.4) is 0 Å². The van der Waals surface area contributed by atoms with Gasteiger partial charge in [-0.25, -0.2) is 4.98 Å². The highest BCUT2D eigenvalue weighted by molar-refractivity contribution is 5.80. The summed E-state index contributed by atoms with van der Waals surface area (Å²) in [6, 6.07) is 12.6. The van der Waals surface area contributed by atoms with E-state index in [1.54, 1.807) is 6.92 Å². The predicted octanol–water partition coefficient (Wildman–Crippen LogP) is 1.83. The Bertz CT molecular complexity index is 882. The molecular weight excluding hydrogens is 354 g/mol. The molecule has 4 rings (SSSR count). The normalized spacial score (nSPS) is 24.1. The number of H-pyrrole nitrogens is 1. The van der Waals surface area contributed by atoms with Crippen LogP contribution in [0.5, 0.6) is 0 Å². The van der Waals surface area contributed by atoms with Crippen LogP contribution in [0.2, 0.25) is 0 Å². The molecule has 1 amide bonds. The molecule has 3 heterocycles. The van der Waals surface area contributed by atoms with E-state index < -0.39 is 0 Å². The highest BCUT2D eigenvalue weighted by Crippen LogP contribution is 2.44. The highest BCUT2D eigenvalue weighted by Gasteiger charge is 2.46. The first-order valence-electron chi connectivity index (χ1n) is 10.0. The number of carbonyl (C=O) groups excluding carboxylic acids is 1. The number of nitrogens with zero attached hydrogens (tertiary/aromatic N) is 2. The number of benzene rings is 1. The minimum absolute atomic E-state index is 0.0320. The molecule has 148 valence electrons. The van der Waals surface area contributed by atoms with E-state index in [1.807, 2.05) is 6.07 Å². The average Bonchev–Trinajstić information content (AvgIpc) is 3.27. The molecular formula is C21H27N5O2. The van der Waals surface area contributed by atoms with E-state index in [-0.39, 0.29) is 17.4 Å². The number of aryl methyl sites for hydroxylation is 1. The third-order valence-corrected chi connectivity index (χ3v) is 5.79. The second-order valence-corrected chi connectivity index (χ2v) is 7.67. The summed E-state index contributed by atoms with van der Waals surface area (Å²) in [5.74, 6) is 0.596. The van der Waals surface area contributed by atoms with Gasteiger partial charge in [0, 0.05) is 36.9 Å². The third-order valence-electron chi connectivity index (χ3n) is 5.79. The summed E-state index contributed by atoms with van der Waals surface area (Å²) >= 11 is 0. The van der Waals surface area contributed by atoms with Gasteiger partial charge in [0.05, 0.1) is 5.92 Å². The van der Waals surface area contributed by atoms with Crippen molar-refractivity contribution in [3.05, 3.63) is 58.0 Å². The lowest BCUT2D eigenvalue weighted by atomic mass is 9.93. The van der Waals surface area contributed by atoms with Crippen LogP contribution < -0.4 is 16.2 Å².